The van der Waals surface area contributed by atoms with E-state index in [4.69, 9.17) is 5.73 Å². The number of nitrogens with two attached hydrogens (primary N) is 1. The van der Waals surface area contributed by atoms with E-state index in [0.29, 0.717) is 0 Å². The van der Waals surface area contributed by atoms with Crippen LogP contribution in [0.5, 0.6) is 0 Å². The Morgan fingerprint density at radius 1 is 1.24 bits per heavy atom. The molecule has 3 nitrogen and oxygen atoms in total. The van der Waals surface area contributed by atoms with Crippen LogP contribution >= 0.6 is 0 Å². The predicted octanol–water partition coefficient (Wildman–Crippen LogP) is 1.54. The molecule has 0 radical (unpaired) electrons. The normalized spacial score (nSPS) is 26.6. The number of rotatable bonds is 6. The van der Waals surface area contributed by atoms with Crippen LogP contribution in [-0.2, 0) is 0 Å². The molecule has 3 N–H and O–H groups in total. The zero-order valence-electron chi connectivity index (χ0n) is 12.3. The van der Waals surface area contributed by atoms with Gasteiger partial charge in [-0.25, -0.2) is 0 Å². The molecule has 3 heteroatoms. The summed E-state index contributed by atoms with van der Waals surface area (Å²) in [6.45, 7) is 13.4. The van der Waals surface area contributed by atoms with Crippen LogP contribution in [-0.4, -0.2) is 43.7 Å². The lowest BCUT2D eigenvalue weighted by Crippen LogP contribution is -2.54. The molecule has 1 rings (SSSR count). The molecule has 1 fully saturated rings. The van der Waals surface area contributed by atoms with Crippen molar-refractivity contribution >= 4 is 0 Å². The van der Waals surface area contributed by atoms with E-state index in [1.54, 1.807) is 0 Å². The summed E-state index contributed by atoms with van der Waals surface area (Å²) in [5.41, 5.74) is 6.14. The van der Waals surface area contributed by atoms with Gasteiger partial charge >= 0.3 is 0 Å². The van der Waals surface area contributed by atoms with Gasteiger partial charge in [-0.3, -0.25) is 0 Å². The first kappa shape index (κ1) is 14.9. The molecule has 1 saturated heterocycles. The molecule has 0 bridgehead atoms. The standard InChI is InChI=1S/C14H31N3/c1-11(2)13(12(3)4)8-16-14(9-15)6-7-17(5)10-14/h11-13,16H,6-10,15H2,1-5H3. The molecule has 1 heterocycles. The number of hydrogen-bond donors (Lipinski definition) is 2. The first-order chi connectivity index (χ1) is 7.90. The molecule has 1 unspecified atom stereocenters. The van der Waals surface area contributed by atoms with Crippen LogP contribution in [0.1, 0.15) is 34.1 Å². The Hall–Kier alpha value is -0.120. The van der Waals surface area contributed by atoms with Crippen molar-refractivity contribution in [2.24, 2.45) is 23.5 Å². The number of nitrogens with one attached hydrogen (secondary N) is 1. The Kier molecular flexibility index (Phi) is 5.42. The maximum atomic E-state index is 5.98. The fourth-order valence-electron chi connectivity index (χ4n) is 3.04. The van der Waals surface area contributed by atoms with Gasteiger partial charge < -0.3 is 16.0 Å². The predicted molar refractivity (Wildman–Crippen MR) is 75.1 cm³/mol. The third kappa shape index (κ3) is 3.94. The van der Waals surface area contributed by atoms with E-state index >= 15 is 0 Å². The van der Waals surface area contributed by atoms with Crippen molar-refractivity contribution in [3.05, 3.63) is 0 Å². The Morgan fingerprint density at radius 3 is 2.18 bits per heavy atom. The van der Waals surface area contributed by atoms with Gasteiger partial charge in [0.15, 0.2) is 0 Å². The Bertz CT molecular complexity index is 220. The van der Waals surface area contributed by atoms with Crippen LogP contribution in [0.4, 0.5) is 0 Å². The molecule has 0 aromatic carbocycles. The Morgan fingerprint density at radius 2 is 1.82 bits per heavy atom. The van der Waals surface area contributed by atoms with Gasteiger partial charge in [0.2, 0.25) is 0 Å². The highest BCUT2D eigenvalue weighted by molar-refractivity contribution is 4.97. The van der Waals surface area contributed by atoms with Crippen molar-refractivity contribution in [3.63, 3.8) is 0 Å². The molecular formula is C14H31N3. The van der Waals surface area contributed by atoms with E-state index in [0.717, 1.165) is 43.9 Å². The summed E-state index contributed by atoms with van der Waals surface area (Å²) >= 11 is 0. The Labute approximate surface area is 107 Å². The third-order valence-corrected chi connectivity index (χ3v) is 4.36. The summed E-state index contributed by atoms with van der Waals surface area (Å²) in [4.78, 5) is 2.37. The minimum atomic E-state index is 0.163. The SMILES string of the molecule is CC(C)C(CNC1(CN)CCN(C)C1)C(C)C. The van der Waals surface area contributed by atoms with E-state index in [2.05, 4.69) is 45.0 Å². The summed E-state index contributed by atoms with van der Waals surface area (Å²) in [6, 6.07) is 0. The molecule has 1 aliphatic heterocycles. The van der Waals surface area contributed by atoms with Crippen LogP contribution in [0, 0.1) is 17.8 Å². The van der Waals surface area contributed by atoms with Crippen molar-refractivity contribution in [1.29, 1.82) is 0 Å². The highest BCUT2D eigenvalue weighted by atomic mass is 15.2. The van der Waals surface area contributed by atoms with E-state index < -0.39 is 0 Å². The second-order valence-corrected chi connectivity index (χ2v) is 6.51. The molecule has 0 amide bonds. The third-order valence-electron chi connectivity index (χ3n) is 4.36. The number of likely N-dealkylation sites (tertiary alicyclic amines) is 1. The zero-order chi connectivity index (χ0) is 13.1. The van der Waals surface area contributed by atoms with E-state index in [1.165, 1.54) is 6.42 Å². The first-order valence-electron chi connectivity index (χ1n) is 7.04. The summed E-state index contributed by atoms with van der Waals surface area (Å²) in [6.07, 6.45) is 1.18. The van der Waals surface area contributed by atoms with E-state index in [9.17, 15) is 0 Å². The number of likely N-dealkylation sites (N-methyl/N-ethyl adjacent to an activating group) is 1. The molecule has 0 spiro atoms. The van der Waals surface area contributed by atoms with Crippen molar-refractivity contribution in [2.75, 3.05) is 33.2 Å². The van der Waals surface area contributed by atoms with Gasteiger partial charge in [-0.05, 0) is 44.3 Å². The summed E-state index contributed by atoms with van der Waals surface area (Å²) in [5, 5.41) is 3.77. The smallest absolute Gasteiger partial charge is 0.0444 e. The largest absolute Gasteiger partial charge is 0.329 e. The molecule has 1 atom stereocenters. The average Bonchev–Trinajstić information content (AvgIpc) is 2.60. The van der Waals surface area contributed by atoms with Gasteiger partial charge in [0, 0.05) is 18.6 Å². The van der Waals surface area contributed by atoms with Gasteiger partial charge in [0.25, 0.3) is 0 Å². The number of hydrogen-bond acceptors (Lipinski definition) is 3. The van der Waals surface area contributed by atoms with Gasteiger partial charge in [0.05, 0.1) is 0 Å². The van der Waals surface area contributed by atoms with Crippen LogP contribution < -0.4 is 11.1 Å². The van der Waals surface area contributed by atoms with Crippen LogP contribution in [0.2, 0.25) is 0 Å². The average molecular weight is 241 g/mol. The quantitative estimate of drug-likeness (QED) is 0.741. The van der Waals surface area contributed by atoms with Crippen molar-refractivity contribution in [3.8, 4) is 0 Å². The molecule has 0 saturated carbocycles. The number of nitrogens with zero attached hydrogens (tertiary/aromatic N) is 1. The lowest BCUT2D eigenvalue weighted by Gasteiger charge is -2.34. The first-order valence-corrected chi connectivity index (χ1v) is 7.04. The molecule has 17 heavy (non-hydrogen) atoms. The topological polar surface area (TPSA) is 41.3 Å². The summed E-state index contributed by atoms with van der Waals surface area (Å²) in [7, 11) is 2.18. The van der Waals surface area contributed by atoms with Crippen molar-refractivity contribution < 1.29 is 0 Å². The van der Waals surface area contributed by atoms with Gasteiger partial charge in [-0.1, -0.05) is 27.7 Å². The minimum Gasteiger partial charge on any atom is -0.329 e. The van der Waals surface area contributed by atoms with Gasteiger partial charge in [-0.2, -0.15) is 0 Å². The monoisotopic (exact) mass is 241 g/mol. The lowest BCUT2D eigenvalue weighted by atomic mass is 9.84. The fraction of sp³-hybridized carbons (Fsp3) is 1.00. The molecule has 0 aliphatic carbocycles. The van der Waals surface area contributed by atoms with E-state index in [1.807, 2.05) is 0 Å². The molecule has 0 aromatic heterocycles. The summed E-state index contributed by atoms with van der Waals surface area (Å²) in [5.74, 6) is 2.21. The van der Waals surface area contributed by atoms with Gasteiger partial charge in [0.1, 0.15) is 0 Å². The highest BCUT2D eigenvalue weighted by Crippen LogP contribution is 2.23. The van der Waals surface area contributed by atoms with Crippen LogP contribution in [0.3, 0.4) is 0 Å². The molecule has 1 aliphatic rings. The molecule has 102 valence electrons. The summed E-state index contributed by atoms with van der Waals surface area (Å²) < 4.78 is 0. The van der Waals surface area contributed by atoms with E-state index in [-0.39, 0.29) is 5.54 Å². The highest BCUT2D eigenvalue weighted by Gasteiger charge is 2.35. The fourth-order valence-corrected chi connectivity index (χ4v) is 3.04. The molecule has 0 aromatic rings. The molecular weight excluding hydrogens is 210 g/mol. The van der Waals surface area contributed by atoms with Crippen molar-refractivity contribution in [2.45, 2.75) is 39.7 Å². The van der Waals surface area contributed by atoms with Crippen molar-refractivity contribution in [1.82, 2.24) is 10.2 Å². The second-order valence-electron chi connectivity index (χ2n) is 6.51. The second kappa shape index (κ2) is 6.17. The zero-order valence-corrected chi connectivity index (χ0v) is 12.3. The Balaban J connectivity index is 2.52. The lowest BCUT2D eigenvalue weighted by molar-refractivity contribution is 0.230. The maximum Gasteiger partial charge on any atom is 0.0444 e. The maximum absolute atomic E-state index is 5.98. The minimum absolute atomic E-state index is 0.163. The van der Waals surface area contributed by atoms with Crippen LogP contribution in [0.25, 0.3) is 0 Å². The van der Waals surface area contributed by atoms with Gasteiger partial charge in [-0.15, -0.1) is 0 Å². The van der Waals surface area contributed by atoms with Crippen LogP contribution in [0.15, 0.2) is 0 Å².